The zero-order valence-electron chi connectivity index (χ0n) is 26.0. The highest BCUT2D eigenvalue weighted by Crippen LogP contribution is 2.38. The Bertz CT molecular complexity index is 1450. The van der Waals surface area contributed by atoms with Crippen LogP contribution < -0.4 is 10.6 Å². The fourth-order valence-electron chi connectivity index (χ4n) is 4.42. The molecule has 3 atom stereocenters. The van der Waals surface area contributed by atoms with Crippen molar-refractivity contribution < 1.29 is 37.6 Å². The number of benzene rings is 1. The first-order valence-corrected chi connectivity index (χ1v) is 19.6. The highest BCUT2D eigenvalue weighted by molar-refractivity contribution is 7.92. The molecule has 0 radical (unpaired) electrons. The summed E-state index contributed by atoms with van der Waals surface area (Å²) < 4.78 is 30.1. The Morgan fingerprint density at radius 3 is 2.49 bits per heavy atom. The smallest absolute Gasteiger partial charge is 0.411 e. The summed E-state index contributed by atoms with van der Waals surface area (Å²) in [6.45, 7) is 14.4. The first kappa shape index (κ1) is 34.4. The lowest BCUT2D eigenvalue weighted by Crippen LogP contribution is -2.75. The van der Waals surface area contributed by atoms with Gasteiger partial charge in [0.25, 0.3) is 5.91 Å². The molecule has 2 aromatic rings. The molecule has 0 bridgehead atoms. The van der Waals surface area contributed by atoms with Crippen LogP contribution in [0.3, 0.4) is 0 Å². The van der Waals surface area contributed by atoms with Crippen molar-refractivity contribution in [2.75, 3.05) is 24.3 Å². The lowest BCUT2D eigenvalue weighted by Gasteiger charge is -2.49. The van der Waals surface area contributed by atoms with Gasteiger partial charge in [-0.3, -0.25) is 19.8 Å². The summed E-state index contributed by atoms with van der Waals surface area (Å²) in [4.78, 5) is 53.3. The van der Waals surface area contributed by atoms with Crippen LogP contribution in [0, 0.1) is 0 Å². The molecule has 4 rings (SSSR count). The summed E-state index contributed by atoms with van der Waals surface area (Å²) in [5.74, 6) is -1.99. The van der Waals surface area contributed by atoms with Crippen molar-refractivity contribution in [1.82, 2.24) is 10.2 Å². The minimum Gasteiger partial charge on any atom is -0.614 e. The van der Waals surface area contributed by atoms with E-state index in [2.05, 4.69) is 51.1 Å². The van der Waals surface area contributed by atoms with Gasteiger partial charge in [0.05, 0.1) is 13.0 Å². The fraction of sp³-hybridized carbons (Fsp3) is 0.419. The topological polar surface area (TPSA) is 146 Å². The van der Waals surface area contributed by atoms with Gasteiger partial charge in [-0.1, -0.05) is 51.6 Å². The van der Waals surface area contributed by atoms with Gasteiger partial charge < -0.3 is 23.8 Å². The Kier molecular flexibility index (Phi) is 11.0. The number of anilines is 1. The molecule has 2 aliphatic rings. The van der Waals surface area contributed by atoms with Crippen molar-refractivity contribution in [3.05, 3.63) is 76.1 Å². The SMILES string of the molecule is C=CCOC(=O)C1=C(COC(=O)Nc2ccc(CO[Si](C)(C)C(C)(C)C)cc2)C[S+]([O-])[C@@H]2[C@H](NC(=O)Cc3cccs3)C(=O)N12. The molecule has 3 heterocycles. The van der Waals surface area contributed by atoms with Crippen LogP contribution in [0.2, 0.25) is 18.1 Å². The molecule has 2 aliphatic heterocycles. The van der Waals surface area contributed by atoms with E-state index in [1.165, 1.54) is 17.4 Å². The standard InChI is InChI=1S/C31H39N3O8S2Si/c1-7-14-40-29(37)26-21(19-44(39)28-25(27(36)34(26)28)33-24(35)16-23-9-8-15-43-23)18-41-30(38)32-22-12-10-20(11-13-22)17-42-45(5,6)31(2,3)4/h7-13,15,25,28H,1,14,16-19H2,2-6H3,(H,32,38)(H,33,35)/t25-,28-,44?/m1/s1. The molecule has 1 saturated heterocycles. The first-order chi connectivity index (χ1) is 21.2. The Morgan fingerprint density at radius 1 is 1.16 bits per heavy atom. The third-order valence-electron chi connectivity index (χ3n) is 7.95. The highest BCUT2D eigenvalue weighted by Gasteiger charge is 2.61. The number of esters is 1. The Labute approximate surface area is 271 Å². The summed E-state index contributed by atoms with van der Waals surface area (Å²) in [7, 11) is -1.91. The molecule has 1 fully saturated rings. The van der Waals surface area contributed by atoms with Crippen LogP contribution in [0.25, 0.3) is 0 Å². The van der Waals surface area contributed by atoms with E-state index in [9.17, 15) is 23.7 Å². The zero-order chi connectivity index (χ0) is 32.9. The minimum absolute atomic E-state index is 0.0759. The summed E-state index contributed by atoms with van der Waals surface area (Å²) >= 11 is -0.282. The molecule has 0 aliphatic carbocycles. The van der Waals surface area contributed by atoms with Crippen LogP contribution in [0.1, 0.15) is 31.2 Å². The van der Waals surface area contributed by atoms with Crippen LogP contribution in [0.4, 0.5) is 10.5 Å². The van der Waals surface area contributed by atoms with E-state index in [0.29, 0.717) is 12.3 Å². The molecular weight excluding hydrogens is 635 g/mol. The highest BCUT2D eigenvalue weighted by atomic mass is 32.2. The molecule has 1 aromatic heterocycles. The average molecular weight is 674 g/mol. The van der Waals surface area contributed by atoms with Crippen LogP contribution >= 0.6 is 11.3 Å². The van der Waals surface area contributed by atoms with E-state index in [0.717, 1.165) is 15.3 Å². The monoisotopic (exact) mass is 673 g/mol. The third kappa shape index (κ3) is 8.24. The minimum atomic E-state index is -1.91. The van der Waals surface area contributed by atoms with Gasteiger partial charge in [-0.15, -0.1) is 11.3 Å². The lowest BCUT2D eigenvalue weighted by atomic mass is 10.0. The number of nitrogens with one attached hydrogen (secondary N) is 2. The molecule has 45 heavy (non-hydrogen) atoms. The van der Waals surface area contributed by atoms with Gasteiger partial charge in [-0.2, -0.15) is 0 Å². The van der Waals surface area contributed by atoms with Gasteiger partial charge in [0.2, 0.25) is 11.3 Å². The second-order valence-corrected chi connectivity index (χ2v) is 19.6. The summed E-state index contributed by atoms with van der Waals surface area (Å²) in [5, 5.41) is 6.26. The maximum atomic E-state index is 13.2. The maximum Gasteiger partial charge on any atom is 0.411 e. The number of carbonyl (C=O) groups is 4. The Balaban J connectivity index is 1.39. The number of β-lactam (4-membered cyclic amide) rings is 1. The molecule has 11 nitrogen and oxygen atoms in total. The van der Waals surface area contributed by atoms with Crippen molar-refractivity contribution >= 4 is 60.4 Å². The number of hydrogen-bond donors (Lipinski definition) is 2. The molecule has 14 heteroatoms. The Hall–Kier alpha value is -3.43. The van der Waals surface area contributed by atoms with Crippen molar-refractivity contribution in [3.63, 3.8) is 0 Å². The number of hydrogen-bond acceptors (Lipinski definition) is 9. The number of thiophene rings is 1. The number of carbonyl (C=O) groups excluding carboxylic acids is 4. The van der Waals surface area contributed by atoms with Gasteiger partial charge >= 0.3 is 12.1 Å². The number of nitrogens with zero attached hydrogens (tertiary/aromatic N) is 1. The van der Waals surface area contributed by atoms with Gasteiger partial charge in [-0.05, 0) is 58.5 Å². The number of ether oxygens (including phenoxy) is 2. The second-order valence-electron chi connectivity index (χ2n) is 12.2. The molecule has 1 aromatic carbocycles. The third-order valence-corrected chi connectivity index (χ3v) is 15.0. The van der Waals surface area contributed by atoms with Crippen LogP contribution in [0.15, 0.2) is 65.7 Å². The number of amides is 3. The predicted molar refractivity (Wildman–Crippen MR) is 175 cm³/mol. The van der Waals surface area contributed by atoms with Crippen LogP contribution in [-0.2, 0) is 52.5 Å². The molecule has 242 valence electrons. The molecule has 0 saturated carbocycles. The molecule has 2 N–H and O–H groups in total. The van der Waals surface area contributed by atoms with Gasteiger partial charge in [-0.25, -0.2) is 9.59 Å². The summed E-state index contributed by atoms with van der Waals surface area (Å²) in [6.07, 6.45) is 0.650. The molecule has 3 amide bonds. The largest absolute Gasteiger partial charge is 0.614 e. The van der Waals surface area contributed by atoms with Crippen LogP contribution in [0.5, 0.6) is 0 Å². The maximum absolute atomic E-state index is 13.2. The van der Waals surface area contributed by atoms with Crippen molar-refractivity contribution in [3.8, 4) is 0 Å². The van der Waals surface area contributed by atoms with Crippen molar-refractivity contribution in [2.24, 2.45) is 0 Å². The van der Waals surface area contributed by atoms with Gasteiger partial charge in [0.15, 0.2) is 14.4 Å². The molecule has 0 spiro atoms. The second kappa shape index (κ2) is 14.3. The average Bonchev–Trinajstić information content (AvgIpc) is 3.49. The van der Waals surface area contributed by atoms with Crippen LogP contribution in [-0.4, -0.2) is 72.0 Å². The van der Waals surface area contributed by atoms with E-state index in [4.69, 9.17) is 13.9 Å². The van der Waals surface area contributed by atoms with E-state index in [1.807, 2.05) is 23.6 Å². The van der Waals surface area contributed by atoms with E-state index < -0.39 is 61.4 Å². The number of fused-ring (bicyclic) bond motifs is 1. The van der Waals surface area contributed by atoms with Gasteiger partial charge in [0.1, 0.15) is 24.7 Å². The zero-order valence-corrected chi connectivity index (χ0v) is 28.7. The van der Waals surface area contributed by atoms with E-state index in [-0.39, 0.29) is 35.1 Å². The van der Waals surface area contributed by atoms with E-state index in [1.54, 1.807) is 18.2 Å². The quantitative estimate of drug-likeness (QED) is 0.110. The lowest BCUT2D eigenvalue weighted by molar-refractivity contribution is -0.152. The Morgan fingerprint density at radius 2 is 1.87 bits per heavy atom. The predicted octanol–water partition coefficient (Wildman–Crippen LogP) is 4.46. The normalized spacial score (nSPS) is 19.7. The number of rotatable bonds is 12. The van der Waals surface area contributed by atoms with Gasteiger partial charge in [0, 0.05) is 16.1 Å². The summed E-state index contributed by atoms with van der Waals surface area (Å²) in [5.41, 5.74) is 1.48. The van der Waals surface area contributed by atoms with Crippen molar-refractivity contribution in [2.45, 2.75) is 63.3 Å². The van der Waals surface area contributed by atoms with Crippen molar-refractivity contribution in [1.29, 1.82) is 0 Å². The molecule has 1 unspecified atom stereocenters. The summed E-state index contributed by atoms with van der Waals surface area (Å²) in [6, 6.07) is 9.74. The fourth-order valence-corrected chi connectivity index (χ4v) is 7.75. The van der Waals surface area contributed by atoms with E-state index >= 15 is 0 Å². The first-order valence-electron chi connectivity index (χ1n) is 14.4. The molecular formula is C31H39N3O8S2Si.